The molecule has 0 N–H and O–H groups in total. The number of rotatable bonds is 0. The second kappa shape index (κ2) is 3.63. The quantitative estimate of drug-likeness (QED) is 0.671. The molecule has 2 heteroatoms. The summed E-state index contributed by atoms with van der Waals surface area (Å²) < 4.78 is 5.52. The summed E-state index contributed by atoms with van der Waals surface area (Å²) in [6.45, 7) is 0.214. The Balaban J connectivity index is 2.22. The fourth-order valence-electron chi connectivity index (χ4n) is 2.20. The summed E-state index contributed by atoms with van der Waals surface area (Å²) in [5.41, 5.74) is 1.17. The second-order valence-corrected chi connectivity index (χ2v) is 4.09. The molecular formula is C14H12O2. The zero-order valence-corrected chi connectivity index (χ0v) is 8.90. The van der Waals surface area contributed by atoms with Gasteiger partial charge in [0.05, 0.1) is 0 Å². The zero-order chi connectivity index (χ0) is 11.0. The monoisotopic (exact) mass is 212 g/mol. The van der Waals surface area contributed by atoms with Crippen LogP contribution in [-0.2, 0) is 11.2 Å². The molecule has 2 nitrogen and oxygen atoms in total. The van der Waals surface area contributed by atoms with Gasteiger partial charge in [-0.2, -0.15) is 0 Å². The van der Waals surface area contributed by atoms with Crippen molar-refractivity contribution in [1.29, 1.82) is 0 Å². The SMILES string of the molecule is O=C1CCc2c(ccc3ccccc23)OC1. The summed E-state index contributed by atoms with van der Waals surface area (Å²) in [5, 5.41) is 2.41. The molecule has 0 bridgehead atoms. The van der Waals surface area contributed by atoms with Gasteiger partial charge in [0.1, 0.15) is 12.4 Å². The van der Waals surface area contributed by atoms with Gasteiger partial charge >= 0.3 is 0 Å². The summed E-state index contributed by atoms with van der Waals surface area (Å²) in [6, 6.07) is 12.2. The van der Waals surface area contributed by atoms with E-state index < -0.39 is 0 Å². The van der Waals surface area contributed by atoms with E-state index in [-0.39, 0.29) is 12.4 Å². The molecule has 16 heavy (non-hydrogen) atoms. The Kier molecular flexibility index (Phi) is 2.13. The third-order valence-electron chi connectivity index (χ3n) is 3.04. The van der Waals surface area contributed by atoms with E-state index in [0.717, 1.165) is 12.2 Å². The number of hydrogen-bond donors (Lipinski definition) is 0. The fraction of sp³-hybridized carbons (Fsp3) is 0.214. The molecule has 80 valence electrons. The Labute approximate surface area is 93.8 Å². The van der Waals surface area contributed by atoms with Crippen molar-refractivity contribution in [1.82, 2.24) is 0 Å². The standard InChI is InChI=1S/C14H12O2/c15-11-6-7-13-12-4-2-1-3-10(12)5-8-14(13)16-9-11/h1-5,8H,6-7,9H2. The molecule has 2 aromatic carbocycles. The van der Waals surface area contributed by atoms with Gasteiger partial charge in [-0.05, 0) is 23.3 Å². The first-order valence-corrected chi connectivity index (χ1v) is 5.50. The van der Waals surface area contributed by atoms with Crippen LogP contribution in [0.4, 0.5) is 0 Å². The number of aryl methyl sites for hydroxylation is 1. The zero-order valence-electron chi connectivity index (χ0n) is 8.90. The summed E-state index contributed by atoms with van der Waals surface area (Å²) >= 11 is 0. The van der Waals surface area contributed by atoms with E-state index in [9.17, 15) is 4.79 Å². The molecule has 0 unspecified atom stereocenters. The Morgan fingerprint density at radius 1 is 1.00 bits per heavy atom. The maximum absolute atomic E-state index is 11.4. The number of carbonyl (C=O) groups is 1. The Morgan fingerprint density at radius 2 is 1.88 bits per heavy atom. The maximum Gasteiger partial charge on any atom is 0.170 e. The first kappa shape index (κ1) is 9.40. The first-order chi connectivity index (χ1) is 7.84. The first-order valence-electron chi connectivity index (χ1n) is 5.50. The number of ether oxygens (including phenoxy) is 1. The molecule has 0 radical (unpaired) electrons. The summed E-state index contributed by atoms with van der Waals surface area (Å²) in [5.74, 6) is 1.05. The highest BCUT2D eigenvalue weighted by Gasteiger charge is 2.15. The van der Waals surface area contributed by atoms with Crippen LogP contribution >= 0.6 is 0 Å². The van der Waals surface area contributed by atoms with Crippen molar-refractivity contribution in [3.63, 3.8) is 0 Å². The molecule has 0 amide bonds. The van der Waals surface area contributed by atoms with Gasteiger partial charge in [-0.3, -0.25) is 4.79 Å². The smallest absolute Gasteiger partial charge is 0.170 e. The summed E-state index contributed by atoms with van der Waals surface area (Å²) in [7, 11) is 0. The van der Waals surface area contributed by atoms with Crippen molar-refractivity contribution >= 4 is 16.6 Å². The van der Waals surface area contributed by atoms with Gasteiger partial charge in [-0.1, -0.05) is 30.3 Å². The number of hydrogen-bond acceptors (Lipinski definition) is 2. The van der Waals surface area contributed by atoms with Gasteiger partial charge in [0.25, 0.3) is 0 Å². The van der Waals surface area contributed by atoms with Crippen LogP contribution in [0.3, 0.4) is 0 Å². The average Bonchev–Trinajstić information content (AvgIpc) is 2.52. The molecule has 0 aliphatic carbocycles. The minimum atomic E-state index is 0.181. The molecule has 0 fully saturated rings. The van der Waals surface area contributed by atoms with E-state index in [1.54, 1.807) is 0 Å². The van der Waals surface area contributed by atoms with Crippen LogP contribution in [0.25, 0.3) is 10.8 Å². The van der Waals surface area contributed by atoms with Crippen molar-refractivity contribution in [2.45, 2.75) is 12.8 Å². The van der Waals surface area contributed by atoms with Gasteiger partial charge in [-0.15, -0.1) is 0 Å². The van der Waals surface area contributed by atoms with E-state index in [4.69, 9.17) is 4.74 Å². The van der Waals surface area contributed by atoms with E-state index in [1.165, 1.54) is 16.3 Å². The lowest BCUT2D eigenvalue weighted by Crippen LogP contribution is -2.07. The molecule has 3 rings (SSSR count). The van der Waals surface area contributed by atoms with Gasteiger partial charge < -0.3 is 4.74 Å². The van der Waals surface area contributed by atoms with Crippen molar-refractivity contribution in [2.24, 2.45) is 0 Å². The lowest BCUT2D eigenvalue weighted by molar-refractivity contribution is -0.120. The second-order valence-electron chi connectivity index (χ2n) is 4.09. The van der Waals surface area contributed by atoms with Crippen molar-refractivity contribution in [3.05, 3.63) is 42.0 Å². The predicted molar refractivity (Wildman–Crippen MR) is 62.8 cm³/mol. The number of fused-ring (bicyclic) bond motifs is 3. The normalized spacial score (nSPS) is 15.4. The number of carbonyl (C=O) groups excluding carboxylic acids is 1. The van der Waals surface area contributed by atoms with Crippen molar-refractivity contribution < 1.29 is 9.53 Å². The molecule has 0 atom stereocenters. The highest BCUT2D eigenvalue weighted by atomic mass is 16.5. The van der Waals surface area contributed by atoms with Gasteiger partial charge in [-0.25, -0.2) is 0 Å². The molecule has 1 aliphatic rings. The highest BCUT2D eigenvalue weighted by molar-refractivity contribution is 5.89. The van der Waals surface area contributed by atoms with Crippen LogP contribution < -0.4 is 4.74 Å². The van der Waals surface area contributed by atoms with Crippen LogP contribution in [0.1, 0.15) is 12.0 Å². The molecule has 0 aromatic heterocycles. The molecule has 2 aromatic rings. The number of benzene rings is 2. The Bertz CT molecular complexity index is 558. The molecular weight excluding hydrogens is 200 g/mol. The molecule has 0 saturated carbocycles. The molecule has 1 heterocycles. The van der Waals surface area contributed by atoms with Crippen LogP contribution in [0.5, 0.6) is 5.75 Å². The van der Waals surface area contributed by atoms with E-state index in [2.05, 4.69) is 12.1 Å². The number of Topliss-reactive ketones (excluding diaryl/α,β-unsaturated/α-hetero) is 1. The van der Waals surface area contributed by atoms with Crippen LogP contribution in [0, 0.1) is 0 Å². The minimum absolute atomic E-state index is 0.181. The highest BCUT2D eigenvalue weighted by Crippen LogP contribution is 2.30. The van der Waals surface area contributed by atoms with Gasteiger partial charge in [0.2, 0.25) is 0 Å². The van der Waals surface area contributed by atoms with E-state index >= 15 is 0 Å². The summed E-state index contributed by atoms with van der Waals surface area (Å²) in [6.07, 6.45) is 1.37. The average molecular weight is 212 g/mol. The predicted octanol–water partition coefficient (Wildman–Crippen LogP) is 2.73. The van der Waals surface area contributed by atoms with Crippen LogP contribution in [0.2, 0.25) is 0 Å². The Hall–Kier alpha value is -1.83. The lowest BCUT2D eigenvalue weighted by Gasteiger charge is -2.09. The number of ketones is 1. The maximum atomic E-state index is 11.4. The summed E-state index contributed by atoms with van der Waals surface area (Å²) in [4.78, 5) is 11.4. The third kappa shape index (κ3) is 1.47. The Morgan fingerprint density at radius 3 is 2.81 bits per heavy atom. The van der Waals surface area contributed by atoms with Crippen molar-refractivity contribution in [3.8, 4) is 5.75 Å². The third-order valence-corrected chi connectivity index (χ3v) is 3.04. The largest absolute Gasteiger partial charge is 0.486 e. The van der Waals surface area contributed by atoms with Crippen LogP contribution in [-0.4, -0.2) is 12.4 Å². The lowest BCUT2D eigenvalue weighted by atomic mass is 10.00. The minimum Gasteiger partial charge on any atom is -0.486 e. The molecule has 1 aliphatic heterocycles. The van der Waals surface area contributed by atoms with Gasteiger partial charge in [0, 0.05) is 12.0 Å². The van der Waals surface area contributed by atoms with E-state index in [1.807, 2.05) is 24.3 Å². The molecule has 0 spiro atoms. The molecule has 0 saturated heterocycles. The van der Waals surface area contributed by atoms with Crippen LogP contribution in [0.15, 0.2) is 36.4 Å². The topological polar surface area (TPSA) is 26.3 Å². The van der Waals surface area contributed by atoms with Gasteiger partial charge in [0.15, 0.2) is 5.78 Å². The fourth-order valence-corrected chi connectivity index (χ4v) is 2.20. The van der Waals surface area contributed by atoms with Crippen molar-refractivity contribution in [2.75, 3.05) is 6.61 Å². The van der Waals surface area contributed by atoms with E-state index in [0.29, 0.717) is 6.42 Å².